The van der Waals surface area contributed by atoms with Gasteiger partial charge in [0.05, 0.1) is 27.4 Å². The number of hydrogen-bond acceptors (Lipinski definition) is 9. The minimum Gasteiger partial charge on any atom is -1.00 e. The van der Waals surface area contributed by atoms with Crippen LogP contribution < -0.4 is 12.4 Å². The molecule has 0 amide bonds. The number of esters is 4. The smallest absolute Gasteiger partial charge is 1.00 e. The van der Waals surface area contributed by atoms with Crippen molar-refractivity contribution < 1.29 is 50.5 Å². The molecule has 0 saturated carbocycles. The third kappa shape index (κ3) is 20.1. The van der Waals surface area contributed by atoms with Crippen molar-refractivity contribution in [2.45, 2.75) is 20.8 Å². The van der Waals surface area contributed by atoms with Crippen molar-refractivity contribution >= 4 is 46.9 Å². The molecule has 0 aromatic heterocycles. The van der Waals surface area contributed by atoms with E-state index < -0.39 is 23.9 Å². The molecule has 0 fully saturated rings. The summed E-state index contributed by atoms with van der Waals surface area (Å²) < 4.78 is 18.3. The third-order valence-corrected chi connectivity index (χ3v) is 2.90. The van der Waals surface area contributed by atoms with Crippen LogP contribution in [0.5, 0.6) is 0 Å². The molecule has 0 bridgehead atoms. The van der Waals surface area contributed by atoms with E-state index in [1.165, 1.54) is 26.4 Å². The van der Waals surface area contributed by atoms with E-state index >= 15 is 0 Å². The molecular formula is C22H34ClMgNO8. The second-order valence-electron chi connectivity index (χ2n) is 5.42. The van der Waals surface area contributed by atoms with Gasteiger partial charge in [-0.3, -0.25) is 0 Å². The molecule has 0 heterocycles. The largest absolute Gasteiger partial charge is 2.00 e. The topological polar surface area (TPSA) is 108 Å². The Kier molecular flexibility index (Phi) is 32.2. The molecule has 0 aliphatic carbocycles. The van der Waals surface area contributed by atoms with Crippen molar-refractivity contribution in [1.29, 1.82) is 0 Å². The predicted molar refractivity (Wildman–Crippen MR) is 123 cm³/mol. The molecule has 11 heteroatoms. The summed E-state index contributed by atoms with van der Waals surface area (Å²) >= 11 is 0. The Hall–Kier alpha value is -2.30. The van der Waals surface area contributed by atoms with Crippen LogP contribution in [0.2, 0.25) is 0 Å². The maximum Gasteiger partial charge on any atom is 2.00 e. The van der Waals surface area contributed by atoms with Gasteiger partial charge in [0, 0.05) is 14.1 Å². The number of rotatable bonds is 9. The van der Waals surface area contributed by atoms with Crippen molar-refractivity contribution in [1.82, 2.24) is 4.90 Å². The maximum atomic E-state index is 11.3. The summed E-state index contributed by atoms with van der Waals surface area (Å²) in [6.45, 7) is 5.59. The number of allylic oxidation sites excluding steroid dienone is 5. The number of ether oxygens (including phenoxy) is 4. The summed E-state index contributed by atoms with van der Waals surface area (Å²) in [5.41, 5.74) is -0.227. The van der Waals surface area contributed by atoms with Crippen molar-refractivity contribution in [2.24, 2.45) is 0 Å². The summed E-state index contributed by atoms with van der Waals surface area (Å²) in [5, 5.41) is 0. The average Bonchev–Trinajstić information content (AvgIpc) is 2.71. The van der Waals surface area contributed by atoms with Crippen molar-refractivity contribution in [3.63, 3.8) is 0 Å². The number of hydrogen-bond donors (Lipinski definition) is 0. The van der Waals surface area contributed by atoms with Gasteiger partial charge in [-0.25, -0.2) is 19.2 Å². The monoisotopic (exact) mass is 499 g/mol. The summed E-state index contributed by atoms with van der Waals surface area (Å²) in [6, 6.07) is 0. The molecule has 0 saturated heterocycles. The second-order valence-corrected chi connectivity index (χ2v) is 5.42. The van der Waals surface area contributed by atoms with Crippen LogP contribution in [-0.2, 0) is 38.1 Å². The van der Waals surface area contributed by atoms with Gasteiger partial charge < -0.3 is 43.7 Å². The SMILES string of the molecule is C/C=C/C=C(C(=O)OCC)C(=O)OCC.COC(=O)C(=C/C=C/N(C)C)C(=O)OC.[CH3-].[Cl-].[Mg+2]. The minimum absolute atomic E-state index is 0. The van der Waals surface area contributed by atoms with Gasteiger partial charge in [-0.2, -0.15) is 0 Å². The van der Waals surface area contributed by atoms with E-state index in [1.807, 2.05) is 14.1 Å². The van der Waals surface area contributed by atoms with E-state index in [0.29, 0.717) is 0 Å². The van der Waals surface area contributed by atoms with E-state index in [0.717, 1.165) is 0 Å². The molecule has 0 spiro atoms. The first-order valence-corrected chi connectivity index (χ1v) is 9.08. The molecule has 0 rings (SSSR count). The Bertz CT molecular complexity index is 663. The van der Waals surface area contributed by atoms with Crippen LogP contribution in [-0.4, -0.2) is 93.4 Å². The van der Waals surface area contributed by atoms with Gasteiger partial charge in [-0.1, -0.05) is 12.2 Å². The molecule has 184 valence electrons. The first-order valence-electron chi connectivity index (χ1n) is 9.08. The Balaban J connectivity index is -0.000000145. The fourth-order valence-electron chi connectivity index (χ4n) is 1.58. The molecule has 0 radical (unpaired) electrons. The summed E-state index contributed by atoms with van der Waals surface area (Å²) in [6.07, 6.45) is 9.27. The number of methoxy groups -OCH3 is 2. The zero-order chi connectivity index (χ0) is 23.5. The second kappa shape index (κ2) is 26.0. The third-order valence-electron chi connectivity index (χ3n) is 2.90. The zero-order valence-corrected chi connectivity index (χ0v) is 22.8. The van der Waals surface area contributed by atoms with Crippen LogP contribution in [0.1, 0.15) is 20.8 Å². The molecule has 9 nitrogen and oxygen atoms in total. The van der Waals surface area contributed by atoms with E-state index in [2.05, 4.69) is 9.47 Å². The molecule has 0 aliphatic rings. The van der Waals surface area contributed by atoms with Gasteiger partial charge in [0.25, 0.3) is 0 Å². The van der Waals surface area contributed by atoms with Gasteiger partial charge in [-0.05, 0) is 45.2 Å². The molecule has 0 N–H and O–H groups in total. The first-order chi connectivity index (χ1) is 14.2. The first kappa shape index (κ1) is 41.0. The van der Waals surface area contributed by atoms with Crippen LogP contribution in [0.25, 0.3) is 0 Å². The minimum atomic E-state index is -0.717. The van der Waals surface area contributed by atoms with E-state index in [1.54, 1.807) is 50.1 Å². The van der Waals surface area contributed by atoms with Gasteiger partial charge in [0.2, 0.25) is 0 Å². The van der Waals surface area contributed by atoms with E-state index in [9.17, 15) is 19.2 Å². The summed E-state index contributed by atoms with van der Waals surface area (Å²) in [7, 11) is 6.05. The van der Waals surface area contributed by atoms with E-state index in [4.69, 9.17) is 9.47 Å². The number of halogens is 1. The quantitative estimate of drug-likeness (QED) is 0.0577. The average molecular weight is 500 g/mol. The van der Waals surface area contributed by atoms with Crippen molar-refractivity contribution in [3.8, 4) is 0 Å². The molecule has 0 aromatic rings. The Morgan fingerprint density at radius 1 is 0.758 bits per heavy atom. The fraction of sp³-hybridized carbons (Fsp3) is 0.409. The van der Waals surface area contributed by atoms with Gasteiger partial charge in [0.15, 0.2) is 0 Å². The van der Waals surface area contributed by atoms with Crippen LogP contribution in [0.4, 0.5) is 0 Å². The number of carbonyl (C=O) groups excluding carboxylic acids is 4. The fourth-order valence-corrected chi connectivity index (χ4v) is 1.58. The number of nitrogens with zero attached hydrogens (tertiary/aromatic N) is 1. The molecule has 0 atom stereocenters. The van der Waals surface area contributed by atoms with Crippen LogP contribution in [0.3, 0.4) is 0 Å². The molecule has 0 aliphatic heterocycles. The van der Waals surface area contributed by atoms with Crippen LogP contribution in [0, 0.1) is 7.43 Å². The molecular weight excluding hydrogens is 466 g/mol. The van der Waals surface area contributed by atoms with Crippen molar-refractivity contribution in [3.05, 3.63) is 55.2 Å². The van der Waals surface area contributed by atoms with Gasteiger partial charge in [0.1, 0.15) is 11.1 Å². The summed E-state index contributed by atoms with van der Waals surface area (Å²) in [5.74, 6) is -2.75. The normalized spacial score (nSPS) is 8.82. The van der Waals surface area contributed by atoms with Crippen LogP contribution >= 0.6 is 0 Å². The maximum absolute atomic E-state index is 11.3. The zero-order valence-electron chi connectivity index (χ0n) is 20.7. The Morgan fingerprint density at radius 2 is 1.12 bits per heavy atom. The molecule has 0 unspecified atom stereocenters. The molecule has 33 heavy (non-hydrogen) atoms. The number of carbonyl (C=O) groups is 4. The van der Waals surface area contributed by atoms with Gasteiger partial charge in [-0.15, -0.1) is 0 Å². The van der Waals surface area contributed by atoms with E-state index in [-0.39, 0.29) is 67.2 Å². The summed E-state index contributed by atoms with van der Waals surface area (Å²) in [4.78, 5) is 46.7. The predicted octanol–water partition coefficient (Wildman–Crippen LogP) is -0.977. The van der Waals surface area contributed by atoms with Gasteiger partial charge >= 0.3 is 46.9 Å². The molecule has 0 aromatic carbocycles. The Labute approximate surface area is 219 Å². The standard InChI is InChI=1S/C11H16O4.C10H15NO4.CH3.ClH.Mg/c1-4-7-8-9(10(12)14-5-2)11(13)15-6-3;1-11(2)7-5-6-8(9(12)14-3)10(13)15-4;;;/h4,7-8H,5-6H2,1-3H3;5-7H,1-4H3;1H3;1H;/q;;-1;;+2/p-1/b7-4+;7-5+;;;. The van der Waals surface area contributed by atoms with Crippen molar-refractivity contribution in [2.75, 3.05) is 41.5 Å². The Morgan fingerprint density at radius 3 is 1.42 bits per heavy atom. The van der Waals surface area contributed by atoms with Crippen LogP contribution in [0.15, 0.2) is 47.7 Å².